The molecule has 0 aliphatic heterocycles. The summed E-state index contributed by atoms with van der Waals surface area (Å²) in [6.07, 6.45) is 0.200. The molecule has 0 spiro atoms. The molecule has 0 aliphatic carbocycles. The summed E-state index contributed by atoms with van der Waals surface area (Å²) in [5.41, 5.74) is 0.488. The number of carbonyl (C=O) groups is 2. The Kier molecular flexibility index (Phi) is 7.10. The third-order valence-electron chi connectivity index (χ3n) is 3.22. The van der Waals surface area contributed by atoms with Crippen molar-refractivity contribution in [2.24, 2.45) is 0 Å². The lowest BCUT2D eigenvalue weighted by Gasteiger charge is -2.13. The Hall–Kier alpha value is -2.73. The number of carbonyl (C=O) groups excluding carboxylic acids is 2. The molecule has 0 saturated heterocycles. The molecule has 2 aromatic rings. The second-order valence-corrected chi connectivity index (χ2v) is 5.56. The number of rotatable bonds is 7. The number of anilines is 1. The summed E-state index contributed by atoms with van der Waals surface area (Å²) in [7, 11) is 1.29. The lowest BCUT2D eigenvalue weighted by Crippen LogP contribution is -2.25. The van der Waals surface area contributed by atoms with E-state index < -0.39 is 6.09 Å². The maximum Gasteiger partial charge on any atom is 0.406 e. The van der Waals surface area contributed by atoms with Crippen molar-refractivity contribution in [1.82, 2.24) is 5.32 Å². The molecule has 0 heterocycles. The summed E-state index contributed by atoms with van der Waals surface area (Å²) in [5.74, 6) is 0.950. The van der Waals surface area contributed by atoms with Gasteiger partial charge in [0, 0.05) is 18.0 Å². The van der Waals surface area contributed by atoms with Crippen LogP contribution in [0.2, 0.25) is 5.02 Å². The van der Waals surface area contributed by atoms with Gasteiger partial charge in [0.2, 0.25) is 5.91 Å². The van der Waals surface area contributed by atoms with Gasteiger partial charge >= 0.3 is 6.09 Å². The minimum atomic E-state index is -0.520. The van der Waals surface area contributed by atoms with Crippen molar-refractivity contribution in [2.75, 3.05) is 19.0 Å². The summed E-state index contributed by atoms with van der Waals surface area (Å²) in [4.78, 5) is 23.0. The second kappa shape index (κ2) is 9.54. The third-order valence-corrected chi connectivity index (χ3v) is 3.46. The normalized spacial score (nSPS) is 10.0. The second-order valence-electron chi connectivity index (χ2n) is 5.13. The van der Waals surface area contributed by atoms with Gasteiger partial charge in [-0.1, -0.05) is 29.8 Å². The monoisotopic (exact) mass is 362 g/mol. The first kappa shape index (κ1) is 18.6. The predicted octanol–water partition coefficient (Wildman–Crippen LogP) is 4.21. The molecule has 25 heavy (non-hydrogen) atoms. The molecule has 0 aliphatic rings. The van der Waals surface area contributed by atoms with Crippen LogP contribution in [0.25, 0.3) is 0 Å². The van der Waals surface area contributed by atoms with Crippen LogP contribution in [0.4, 0.5) is 10.5 Å². The van der Waals surface area contributed by atoms with Gasteiger partial charge in [-0.15, -0.1) is 0 Å². The molecule has 0 bridgehead atoms. The predicted molar refractivity (Wildman–Crippen MR) is 96.2 cm³/mol. The van der Waals surface area contributed by atoms with E-state index in [-0.39, 0.29) is 12.3 Å². The fourth-order valence-corrected chi connectivity index (χ4v) is 2.20. The molecule has 0 saturated carbocycles. The van der Waals surface area contributed by atoms with E-state index in [0.717, 1.165) is 0 Å². The Morgan fingerprint density at radius 1 is 1.12 bits per heavy atom. The van der Waals surface area contributed by atoms with Crippen LogP contribution < -0.4 is 15.4 Å². The molecular formula is C18H19ClN2O4. The van der Waals surface area contributed by atoms with Crippen LogP contribution in [0.1, 0.15) is 12.8 Å². The minimum Gasteiger partial charge on any atom is -0.455 e. The highest BCUT2D eigenvalue weighted by Gasteiger charge is 2.10. The Labute approximate surface area is 151 Å². The summed E-state index contributed by atoms with van der Waals surface area (Å²) < 4.78 is 10.2. The van der Waals surface area contributed by atoms with Gasteiger partial charge in [-0.2, -0.15) is 0 Å². The average molecular weight is 363 g/mol. The largest absolute Gasteiger partial charge is 0.455 e. The molecule has 2 N–H and O–H groups in total. The molecule has 0 aromatic heterocycles. The fraction of sp³-hybridized carbons (Fsp3) is 0.222. The van der Waals surface area contributed by atoms with Crippen LogP contribution in [-0.4, -0.2) is 25.7 Å². The van der Waals surface area contributed by atoms with E-state index in [1.54, 1.807) is 18.2 Å². The molecule has 0 radical (unpaired) electrons. The summed E-state index contributed by atoms with van der Waals surface area (Å²) >= 11 is 6.01. The van der Waals surface area contributed by atoms with E-state index in [1.807, 2.05) is 30.3 Å². The van der Waals surface area contributed by atoms with Gasteiger partial charge in [0.05, 0.1) is 12.8 Å². The van der Waals surface area contributed by atoms with Gasteiger partial charge in [0.25, 0.3) is 0 Å². The molecule has 132 valence electrons. The number of hydrogen-bond acceptors (Lipinski definition) is 4. The number of halogens is 1. The third kappa shape index (κ3) is 6.35. The standard InChI is InChI=1S/C18H19ClN2O4/c1-24-18(23)20-11-5-8-17(22)21-15-12-13(19)9-10-16(15)25-14-6-3-2-4-7-14/h2-4,6-7,9-10,12H,5,8,11H2,1H3,(H,20,23)(H,21,22). The number of methoxy groups -OCH3 is 1. The van der Waals surface area contributed by atoms with E-state index in [4.69, 9.17) is 16.3 Å². The van der Waals surface area contributed by atoms with E-state index in [2.05, 4.69) is 15.4 Å². The van der Waals surface area contributed by atoms with Crippen LogP contribution in [-0.2, 0) is 9.53 Å². The first-order valence-electron chi connectivity index (χ1n) is 7.72. The molecule has 6 nitrogen and oxygen atoms in total. The van der Waals surface area contributed by atoms with Gasteiger partial charge in [-0.05, 0) is 36.8 Å². The topological polar surface area (TPSA) is 76.7 Å². The van der Waals surface area contributed by atoms with Crippen molar-refractivity contribution < 1.29 is 19.1 Å². The molecule has 0 fully saturated rings. The Balaban J connectivity index is 1.95. The highest BCUT2D eigenvalue weighted by Crippen LogP contribution is 2.32. The fourth-order valence-electron chi connectivity index (χ4n) is 2.03. The quantitative estimate of drug-likeness (QED) is 0.723. The average Bonchev–Trinajstić information content (AvgIpc) is 2.61. The van der Waals surface area contributed by atoms with E-state index in [0.29, 0.717) is 35.2 Å². The van der Waals surface area contributed by atoms with Gasteiger partial charge in [0.1, 0.15) is 5.75 Å². The molecule has 2 aromatic carbocycles. The van der Waals surface area contributed by atoms with Gasteiger partial charge in [-0.25, -0.2) is 4.79 Å². The highest BCUT2D eigenvalue weighted by atomic mass is 35.5. The maximum absolute atomic E-state index is 12.1. The number of benzene rings is 2. The zero-order valence-electron chi connectivity index (χ0n) is 13.8. The Morgan fingerprint density at radius 3 is 2.60 bits per heavy atom. The number of alkyl carbamates (subject to hydrolysis) is 1. The maximum atomic E-state index is 12.1. The number of amides is 2. The Morgan fingerprint density at radius 2 is 1.88 bits per heavy atom. The van der Waals surface area contributed by atoms with E-state index in [1.165, 1.54) is 7.11 Å². The van der Waals surface area contributed by atoms with Crippen molar-refractivity contribution in [3.63, 3.8) is 0 Å². The van der Waals surface area contributed by atoms with Crippen LogP contribution in [0.3, 0.4) is 0 Å². The van der Waals surface area contributed by atoms with Crippen molar-refractivity contribution in [3.8, 4) is 11.5 Å². The van der Waals surface area contributed by atoms with Crippen molar-refractivity contribution >= 4 is 29.3 Å². The zero-order chi connectivity index (χ0) is 18.1. The van der Waals surface area contributed by atoms with Crippen LogP contribution in [0.15, 0.2) is 48.5 Å². The summed E-state index contributed by atoms with van der Waals surface area (Å²) in [6.45, 7) is 0.350. The number of hydrogen-bond donors (Lipinski definition) is 2. The van der Waals surface area contributed by atoms with Crippen LogP contribution in [0, 0.1) is 0 Å². The lowest BCUT2D eigenvalue weighted by molar-refractivity contribution is -0.116. The first-order chi connectivity index (χ1) is 12.1. The summed E-state index contributed by atoms with van der Waals surface area (Å²) in [6, 6.07) is 14.3. The number of nitrogens with one attached hydrogen (secondary N) is 2. The van der Waals surface area contributed by atoms with Crippen molar-refractivity contribution in [2.45, 2.75) is 12.8 Å². The minimum absolute atomic E-state index is 0.202. The lowest BCUT2D eigenvalue weighted by atomic mass is 10.2. The smallest absolute Gasteiger partial charge is 0.406 e. The van der Waals surface area contributed by atoms with Gasteiger partial charge in [0.15, 0.2) is 5.75 Å². The van der Waals surface area contributed by atoms with Gasteiger partial charge in [-0.3, -0.25) is 4.79 Å². The number of ether oxygens (including phenoxy) is 2. The zero-order valence-corrected chi connectivity index (χ0v) is 14.5. The van der Waals surface area contributed by atoms with Crippen LogP contribution in [0.5, 0.6) is 11.5 Å². The van der Waals surface area contributed by atoms with Crippen molar-refractivity contribution in [3.05, 3.63) is 53.6 Å². The molecular weight excluding hydrogens is 344 g/mol. The highest BCUT2D eigenvalue weighted by molar-refractivity contribution is 6.31. The van der Waals surface area contributed by atoms with E-state index in [9.17, 15) is 9.59 Å². The SMILES string of the molecule is COC(=O)NCCCC(=O)Nc1cc(Cl)ccc1Oc1ccccc1. The number of para-hydroxylation sites is 1. The molecule has 0 unspecified atom stereocenters. The van der Waals surface area contributed by atoms with E-state index >= 15 is 0 Å². The Bertz CT molecular complexity index is 722. The van der Waals surface area contributed by atoms with Crippen molar-refractivity contribution in [1.29, 1.82) is 0 Å². The molecule has 7 heteroatoms. The van der Waals surface area contributed by atoms with Gasteiger partial charge < -0.3 is 20.1 Å². The molecule has 0 atom stereocenters. The van der Waals surface area contributed by atoms with Crippen LogP contribution >= 0.6 is 11.6 Å². The summed E-state index contributed by atoms with van der Waals surface area (Å²) in [5, 5.41) is 5.79. The first-order valence-corrected chi connectivity index (χ1v) is 8.10. The molecule has 2 amide bonds. The molecule has 2 rings (SSSR count).